The second kappa shape index (κ2) is 7.89. The van der Waals surface area contributed by atoms with Gasteiger partial charge in [-0.2, -0.15) is 0 Å². The summed E-state index contributed by atoms with van der Waals surface area (Å²) in [5.41, 5.74) is 4.21. The van der Waals surface area contributed by atoms with Crippen LogP contribution >= 0.6 is 0 Å². The summed E-state index contributed by atoms with van der Waals surface area (Å²) in [7, 11) is 0. The molecule has 1 aromatic carbocycles. The first-order valence-electron chi connectivity index (χ1n) is 9.51. The molecule has 2 aliphatic rings. The zero-order valence-electron chi connectivity index (χ0n) is 14.2. The van der Waals surface area contributed by atoms with Gasteiger partial charge in [-0.1, -0.05) is 45.1 Å². The fourth-order valence-electron chi connectivity index (χ4n) is 3.98. The Morgan fingerprint density at radius 3 is 2.18 bits per heavy atom. The predicted octanol–water partition coefficient (Wildman–Crippen LogP) is 5.74. The zero-order chi connectivity index (χ0) is 15.2. The summed E-state index contributed by atoms with van der Waals surface area (Å²) in [6.45, 7) is 2.28. The van der Waals surface area contributed by atoms with Gasteiger partial charge in [0.25, 0.3) is 0 Å². The largest absolute Gasteiger partial charge is 0.382 e. The highest BCUT2D eigenvalue weighted by molar-refractivity contribution is 5.62. The van der Waals surface area contributed by atoms with Gasteiger partial charge in [0, 0.05) is 23.5 Å². The first-order valence-corrected chi connectivity index (χ1v) is 9.51. The van der Waals surface area contributed by atoms with Crippen LogP contribution in [0.4, 0.5) is 11.4 Å². The van der Waals surface area contributed by atoms with Gasteiger partial charge in [0.05, 0.1) is 0 Å². The Balaban J connectivity index is 1.71. The Morgan fingerprint density at radius 1 is 0.909 bits per heavy atom. The molecule has 122 valence electrons. The van der Waals surface area contributed by atoms with Crippen LogP contribution in [0.25, 0.3) is 0 Å². The molecule has 1 aromatic rings. The van der Waals surface area contributed by atoms with Crippen LogP contribution in [0.5, 0.6) is 0 Å². The van der Waals surface area contributed by atoms with E-state index in [1.54, 1.807) is 0 Å². The Hall–Kier alpha value is -1.18. The molecule has 22 heavy (non-hydrogen) atoms. The Labute approximate surface area is 136 Å². The second-order valence-corrected chi connectivity index (χ2v) is 7.23. The van der Waals surface area contributed by atoms with Crippen molar-refractivity contribution in [2.75, 3.05) is 10.6 Å². The molecule has 0 radical (unpaired) electrons. The molecule has 0 amide bonds. The van der Waals surface area contributed by atoms with E-state index in [0.29, 0.717) is 12.1 Å². The van der Waals surface area contributed by atoms with Gasteiger partial charge in [0.2, 0.25) is 0 Å². The summed E-state index contributed by atoms with van der Waals surface area (Å²) in [6, 6.07) is 8.41. The van der Waals surface area contributed by atoms with Gasteiger partial charge in [0.1, 0.15) is 0 Å². The molecule has 2 saturated carbocycles. The minimum absolute atomic E-state index is 0.695. The number of rotatable bonds is 7. The van der Waals surface area contributed by atoms with Crippen LogP contribution in [-0.2, 0) is 6.42 Å². The molecule has 3 rings (SSSR count). The number of benzene rings is 1. The van der Waals surface area contributed by atoms with E-state index >= 15 is 0 Å². The minimum Gasteiger partial charge on any atom is -0.382 e. The molecular weight excluding hydrogens is 268 g/mol. The summed E-state index contributed by atoms with van der Waals surface area (Å²) < 4.78 is 0. The average molecular weight is 300 g/mol. The van der Waals surface area contributed by atoms with Crippen molar-refractivity contribution in [2.45, 2.75) is 89.6 Å². The molecule has 0 heterocycles. The van der Waals surface area contributed by atoms with Crippen LogP contribution < -0.4 is 10.6 Å². The fraction of sp³-hybridized carbons (Fsp3) is 0.700. The van der Waals surface area contributed by atoms with Crippen LogP contribution in [0.15, 0.2) is 18.2 Å². The van der Waals surface area contributed by atoms with Gasteiger partial charge in [-0.15, -0.1) is 0 Å². The lowest BCUT2D eigenvalue weighted by atomic mass is 10.0. The number of anilines is 2. The van der Waals surface area contributed by atoms with E-state index in [-0.39, 0.29) is 0 Å². The lowest BCUT2D eigenvalue weighted by Crippen LogP contribution is -2.17. The summed E-state index contributed by atoms with van der Waals surface area (Å²) in [6.07, 6.45) is 14.7. The molecule has 2 heteroatoms. The van der Waals surface area contributed by atoms with Crippen LogP contribution in [0.1, 0.15) is 76.7 Å². The second-order valence-electron chi connectivity index (χ2n) is 7.23. The van der Waals surface area contributed by atoms with E-state index in [4.69, 9.17) is 0 Å². The van der Waals surface area contributed by atoms with E-state index in [0.717, 1.165) is 0 Å². The number of nitrogens with one attached hydrogen (secondary N) is 2. The molecule has 0 bridgehead atoms. The third kappa shape index (κ3) is 4.18. The van der Waals surface area contributed by atoms with Gasteiger partial charge in [-0.05, 0) is 56.2 Å². The molecule has 0 atom stereocenters. The molecule has 2 aliphatic carbocycles. The van der Waals surface area contributed by atoms with E-state index in [1.165, 1.54) is 87.6 Å². The Bertz CT molecular complexity index is 457. The number of hydrogen-bond donors (Lipinski definition) is 2. The number of aryl methyl sites for hydroxylation is 1. The van der Waals surface area contributed by atoms with Crippen molar-refractivity contribution in [3.63, 3.8) is 0 Å². The SMILES string of the molecule is CCCCc1ccc(NC2CCCC2)cc1NC1CCCC1. The maximum absolute atomic E-state index is 3.84. The minimum atomic E-state index is 0.695. The lowest BCUT2D eigenvalue weighted by Gasteiger charge is -2.20. The van der Waals surface area contributed by atoms with E-state index < -0.39 is 0 Å². The number of hydrogen-bond acceptors (Lipinski definition) is 2. The van der Waals surface area contributed by atoms with Crippen molar-refractivity contribution in [2.24, 2.45) is 0 Å². The Morgan fingerprint density at radius 2 is 1.55 bits per heavy atom. The average Bonchev–Trinajstić information content (AvgIpc) is 3.20. The third-order valence-corrected chi connectivity index (χ3v) is 5.35. The highest BCUT2D eigenvalue weighted by Crippen LogP contribution is 2.29. The normalized spacial score (nSPS) is 19.7. The van der Waals surface area contributed by atoms with Crippen molar-refractivity contribution < 1.29 is 0 Å². The molecule has 0 aliphatic heterocycles. The molecule has 0 unspecified atom stereocenters. The monoisotopic (exact) mass is 300 g/mol. The highest BCUT2D eigenvalue weighted by atomic mass is 14.9. The quantitative estimate of drug-likeness (QED) is 0.671. The fourth-order valence-corrected chi connectivity index (χ4v) is 3.98. The van der Waals surface area contributed by atoms with Gasteiger partial charge in [0.15, 0.2) is 0 Å². The first kappa shape index (κ1) is 15.7. The molecule has 0 saturated heterocycles. The highest BCUT2D eigenvalue weighted by Gasteiger charge is 2.18. The first-order chi connectivity index (χ1) is 10.8. The molecule has 2 N–H and O–H groups in total. The van der Waals surface area contributed by atoms with Crippen LogP contribution in [0.3, 0.4) is 0 Å². The maximum atomic E-state index is 3.84. The van der Waals surface area contributed by atoms with Crippen molar-refractivity contribution in [1.29, 1.82) is 0 Å². The molecule has 2 fully saturated rings. The summed E-state index contributed by atoms with van der Waals surface area (Å²) in [4.78, 5) is 0. The van der Waals surface area contributed by atoms with Crippen molar-refractivity contribution in [3.05, 3.63) is 23.8 Å². The Kier molecular flexibility index (Phi) is 5.64. The van der Waals surface area contributed by atoms with Crippen molar-refractivity contribution >= 4 is 11.4 Å². The molecule has 0 aromatic heterocycles. The molecule has 0 spiro atoms. The van der Waals surface area contributed by atoms with Crippen LogP contribution in [-0.4, -0.2) is 12.1 Å². The van der Waals surface area contributed by atoms with E-state index in [9.17, 15) is 0 Å². The topological polar surface area (TPSA) is 24.1 Å². The zero-order valence-corrected chi connectivity index (χ0v) is 14.2. The van der Waals surface area contributed by atoms with Crippen LogP contribution in [0.2, 0.25) is 0 Å². The smallest absolute Gasteiger partial charge is 0.0395 e. The summed E-state index contributed by atoms with van der Waals surface area (Å²) in [5.74, 6) is 0. The van der Waals surface area contributed by atoms with Gasteiger partial charge in [-0.3, -0.25) is 0 Å². The van der Waals surface area contributed by atoms with Gasteiger partial charge >= 0.3 is 0 Å². The molecule has 2 nitrogen and oxygen atoms in total. The third-order valence-electron chi connectivity index (χ3n) is 5.35. The van der Waals surface area contributed by atoms with E-state index in [2.05, 4.69) is 35.8 Å². The van der Waals surface area contributed by atoms with Crippen LogP contribution in [0, 0.1) is 0 Å². The van der Waals surface area contributed by atoms with Gasteiger partial charge < -0.3 is 10.6 Å². The van der Waals surface area contributed by atoms with Crippen molar-refractivity contribution in [3.8, 4) is 0 Å². The maximum Gasteiger partial charge on any atom is 0.0395 e. The standard InChI is InChI=1S/C20H32N2/c1-2-3-8-16-13-14-19(21-17-9-4-5-10-17)15-20(16)22-18-11-6-7-12-18/h13-15,17-18,21-22H,2-12H2,1H3. The van der Waals surface area contributed by atoms with Crippen molar-refractivity contribution in [1.82, 2.24) is 0 Å². The predicted molar refractivity (Wildman–Crippen MR) is 96.8 cm³/mol. The van der Waals surface area contributed by atoms with E-state index in [1.807, 2.05) is 0 Å². The summed E-state index contributed by atoms with van der Waals surface area (Å²) >= 11 is 0. The molecular formula is C20H32N2. The summed E-state index contributed by atoms with van der Waals surface area (Å²) in [5, 5.41) is 7.59. The number of unbranched alkanes of at least 4 members (excludes halogenated alkanes) is 1. The van der Waals surface area contributed by atoms with Gasteiger partial charge in [-0.25, -0.2) is 0 Å². The lowest BCUT2D eigenvalue weighted by molar-refractivity contribution is 0.745.